The SMILES string of the molecule is O=C1C(=O)N(C2CCCCC2)C(c2ccccn2)/C1=C(/O)c1ccccc1. The van der Waals surface area contributed by atoms with Crippen LogP contribution in [0.5, 0.6) is 0 Å². The normalized spacial score (nSPS) is 23.0. The van der Waals surface area contributed by atoms with E-state index < -0.39 is 17.7 Å². The van der Waals surface area contributed by atoms with Gasteiger partial charge in [-0.1, -0.05) is 55.7 Å². The molecule has 2 fully saturated rings. The van der Waals surface area contributed by atoms with Gasteiger partial charge in [0, 0.05) is 17.8 Å². The number of aliphatic hydroxyl groups excluding tert-OH is 1. The Labute approximate surface area is 158 Å². The maximum atomic E-state index is 12.9. The Hall–Kier alpha value is -2.95. The Morgan fingerprint density at radius 1 is 0.963 bits per heavy atom. The molecule has 2 aromatic rings. The number of hydrogen-bond donors (Lipinski definition) is 1. The lowest BCUT2D eigenvalue weighted by atomic mass is 9.92. The van der Waals surface area contributed by atoms with Crippen molar-refractivity contribution in [1.29, 1.82) is 0 Å². The van der Waals surface area contributed by atoms with Gasteiger partial charge in [0.05, 0.1) is 11.3 Å². The van der Waals surface area contributed by atoms with Gasteiger partial charge in [-0.05, 0) is 25.0 Å². The summed E-state index contributed by atoms with van der Waals surface area (Å²) in [4.78, 5) is 31.9. The summed E-state index contributed by atoms with van der Waals surface area (Å²) in [6, 6.07) is 13.7. The molecule has 1 saturated heterocycles. The number of Topliss-reactive ketones (excluding diaryl/α,β-unsaturated/α-hetero) is 1. The lowest BCUT2D eigenvalue weighted by Gasteiger charge is -2.35. The van der Waals surface area contributed by atoms with Gasteiger partial charge in [-0.3, -0.25) is 14.6 Å². The minimum atomic E-state index is -0.644. The number of hydrogen-bond acceptors (Lipinski definition) is 4. The molecule has 1 aromatic heterocycles. The number of likely N-dealkylation sites (tertiary alicyclic amines) is 1. The standard InChI is InChI=1S/C22H22N2O3/c25-20(15-9-3-1-4-10-15)18-19(17-13-7-8-14-23-17)24(22(27)21(18)26)16-11-5-2-6-12-16/h1,3-4,7-10,13-14,16,19,25H,2,5-6,11-12H2/b20-18-. The lowest BCUT2D eigenvalue weighted by Crippen LogP contribution is -2.40. The van der Waals surface area contributed by atoms with Crippen molar-refractivity contribution in [2.45, 2.75) is 44.2 Å². The molecule has 5 heteroatoms. The molecular formula is C22H22N2O3. The molecule has 0 spiro atoms. The van der Waals surface area contributed by atoms with E-state index in [1.54, 1.807) is 41.4 Å². The first-order chi connectivity index (χ1) is 13.2. The molecule has 0 radical (unpaired) electrons. The van der Waals surface area contributed by atoms with E-state index in [0.29, 0.717) is 11.3 Å². The predicted molar refractivity (Wildman–Crippen MR) is 102 cm³/mol. The van der Waals surface area contributed by atoms with Crippen LogP contribution in [-0.4, -0.2) is 32.7 Å². The molecule has 1 N–H and O–H groups in total. The molecule has 4 rings (SSSR count). The van der Waals surface area contributed by atoms with Crippen molar-refractivity contribution in [2.24, 2.45) is 0 Å². The highest BCUT2D eigenvalue weighted by Gasteiger charge is 2.49. The van der Waals surface area contributed by atoms with Crippen LogP contribution in [-0.2, 0) is 9.59 Å². The number of amides is 1. The summed E-state index contributed by atoms with van der Waals surface area (Å²) in [5.74, 6) is -1.30. The molecule has 1 atom stereocenters. The largest absolute Gasteiger partial charge is 0.507 e. The van der Waals surface area contributed by atoms with E-state index >= 15 is 0 Å². The van der Waals surface area contributed by atoms with Crippen molar-refractivity contribution < 1.29 is 14.7 Å². The topological polar surface area (TPSA) is 70.5 Å². The fourth-order valence-electron chi connectivity index (χ4n) is 4.17. The van der Waals surface area contributed by atoms with Gasteiger partial charge in [-0.2, -0.15) is 0 Å². The van der Waals surface area contributed by atoms with Crippen LogP contribution in [0.2, 0.25) is 0 Å². The predicted octanol–water partition coefficient (Wildman–Crippen LogP) is 3.84. The molecule has 1 unspecified atom stereocenters. The van der Waals surface area contributed by atoms with Gasteiger partial charge in [-0.25, -0.2) is 0 Å². The Balaban J connectivity index is 1.86. The first-order valence-corrected chi connectivity index (χ1v) is 9.45. The van der Waals surface area contributed by atoms with Crippen molar-refractivity contribution >= 4 is 17.4 Å². The number of carbonyl (C=O) groups is 2. The van der Waals surface area contributed by atoms with Gasteiger partial charge in [0.15, 0.2) is 0 Å². The molecule has 1 saturated carbocycles. The molecule has 1 amide bonds. The second-order valence-corrected chi connectivity index (χ2v) is 7.12. The summed E-state index contributed by atoms with van der Waals surface area (Å²) in [5, 5.41) is 10.9. The number of aliphatic hydroxyl groups is 1. The smallest absolute Gasteiger partial charge is 0.295 e. The van der Waals surface area contributed by atoms with E-state index in [4.69, 9.17) is 0 Å². The van der Waals surface area contributed by atoms with Gasteiger partial charge in [0.1, 0.15) is 11.8 Å². The maximum Gasteiger partial charge on any atom is 0.295 e. The highest BCUT2D eigenvalue weighted by molar-refractivity contribution is 6.46. The summed E-state index contributed by atoms with van der Waals surface area (Å²) in [7, 11) is 0. The number of ketones is 1. The minimum absolute atomic E-state index is 0.00304. The van der Waals surface area contributed by atoms with Crippen molar-refractivity contribution in [3.63, 3.8) is 0 Å². The van der Waals surface area contributed by atoms with Gasteiger partial charge in [0.25, 0.3) is 11.7 Å². The van der Waals surface area contributed by atoms with Crippen molar-refractivity contribution in [2.75, 3.05) is 0 Å². The van der Waals surface area contributed by atoms with Crippen molar-refractivity contribution in [3.8, 4) is 0 Å². The van der Waals surface area contributed by atoms with E-state index in [2.05, 4.69) is 4.98 Å². The number of rotatable bonds is 3. The summed E-state index contributed by atoms with van der Waals surface area (Å²) in [6.07, 6.45) is 6.64. The molecule has 2 aliphatic rings. The zero-order valence-corrected chi connectivity index (χ0v) is 15.0. The molecule has 1 aliphatic carbocycles. The number of nitrogens with zero attached hydrogens (tertiary/aromatic N) is 2. The molecule has 27 heavy (non-hydrogen) atoms. The van der Waals surface area contributed by atoms with Gasteiger partial charge >= 0.3 is 0 Å². The van der Waals surface area contributed by atoms with Crippen LogP contribution in [0.3, 0.4) is 0 Å². The average molecular weight is 362 g/mol. The Bertz CT molecular complexity index is 871. The zero-order valence-electron chi connectivity index (χ0n) is 15.0. The second kappa shape index (κ2) is 7.35. The Morgan fingerprint density at radius 2 is 1.67 bits per heavy atom. The highest BCUT2D eigenvalue weighted by Crippen LogP contribution is 2.42. The molecule has 5 nitrogen and oxygen atoms in total. The van der Waals surface area contributed by atoms with Crippen LogP contribution in [0, 0.1) is 0 Å². The highest BCUT2D eigenvalue weighted by atomic mass is 16.3. The van der Waals surface area contributed by atoms with E-state index in [1.165, 1.54) is 0 Å². The fraction of sp³-hybridized carbons (Fsp3) is 0.318. The second-order valence-electron chi connectivity index (χ2n) is 7.12. The third-order valence-electron chi connectivity index (χ3n) is 5.46. The number of aromatic nitrogens is 1. The van der Waals surface area contributed by atoms with E-state index in [0.717, 1.165) is 32.1 Å². The van der Waals surface area contributed by atoms with Crippen molar-refractivity contribution in [1.82, 2.24) is 9.88 Å². The molecule has 2 heterocycles. The molecule has 0 bridgehead atoms. The van der Waals surface area contributed by atoms with Gasteiger partial charge in [0.2, 0.25) is 0 Å². The zero-order chi connectivity index (χ0) is 18.8. The third-order valence-corrected chi connectivity index (χ3v) is 5.46. The van der Waals surface area contributed by atoms with Crippen LogP contribution >= 0.6 is 0 Å². The number of carbonyl (C=O) groups excluding carboxylic acids is 2. The van der Waals surface area contributed by atoms with Gasteiger partial charge < -0.3 is 10.0 Å². The monoisotopic (exact) mass is 362 g/mol. The van der Waals surface area contributed by atoms with Crippen LogP contribution in [0.1, 0.15) is 49.4 Å². The summed E-state index contributed by atoms with van der Waals surface area (Å²) >= 11 is 0. The lowest BCUT2D eigenvalue weighted by molar-refractivity contribution is -0.141. The molecule has 1 aliphatic heterocycles. The molecule has 1 aromatic carbocycles. The molecule has 138 valence electrons. The molecular weight excluding hydrogens is 340 g/mol. The van der Waals surface area contributed by atoms with Crippen LogP contribution in [0.4, 0.5) is 0 Å². The van der Waals surface area contributed by atoms with E-state index in [9.17, 15) is 14.7 Å². The summed E-state index contributed by atoms with van der Waals surface area (Å²) in [6.45, 7) is 0. The average Bonchev–Trinajstić information content (AvgIpc) is 3.00. The third kappa shape index (κ3) is 3.14. The van der Waals surface area contributed by atoms with Gasteiger partial charge in [-0.15, -0.1) is 0 Å². The number of pyridine rings is 1. The van der Waals surface area contributed by atoms with E-state index in [-0.39, 0.29) is 17.4 Å². The minimum Gasteiger partial charge on any atom is -0.507 e. The first-order valence-electron chi connectivity index (χ1n) is 9.45. The fourth-order valence-corrected chi connectivity index (χ4v) is 4.17. The summed E-state index contributed by atoms with van der Waals surface area (Å²) < 4.78 is 0. The summed E-state index contributed by atoms with van der Waals surface area (Å²) in [5.41, 5.74) is 1.27. The first kappa shape index (κ1) is 17.5. The maximum absolute atomic E-state index is 12.9. The van der Waals surface area contributed by atoms with Crippen LogP contribution in [0.15, 0.2) is 60.3 Å². The Morgan fingerprint density at radius 3 is 2.33 bits per heavy atom. The van der Waals surface area contributed by atoms with Crippen molar-refractivity contribution in [3.05, 3.63) is 71.6 Å². The quantitative estimate of drug-likeness (QED) is 0.512. The van der Waals surface area contributed by atoms with Crippen LogP contribution in [0.25, 0.3) is 5.76 Å². The van der Waals surface area contributed by atoms with Crippen LogP contribution < -0.4 is 0 Å². The Kier molecular flexibility index (Phi) is 4.75. The van der Waals surface area contributed by atoms with E-state index in [1.807, 2.05) is 18.2 Å². The number of benzene rings is 1.